The molecule has 2 rings (SSSR count). The number of aliphatic carboxylic acids is 1. The lowest BCUT2D eigenvalue weighted by molar-refractivity contribution is -0.143. The lowest BCUT2D eigenvalue weighted by Crippen LogP contribution is -2.49. The molecule has 1 aromatic carbocycles. The van der Waals surface area contributed by atoms with Gasteiger partial charge in [0.15, 0.2) is 0 Å². The summed E-state index contributed by atoms with van der Waals surface area (Å²) < 4.78 is 0. The van der Waals surface area contributed by atoms with E-state index in [1.807, 2.05) is 24.3 Å². The Kier molecular flexibility index (Phi) is 3.06. The molecule has 2 aromatic rings. The molecule has 5 nitrogen and oxygen atoms in total. The molecular formula is C14H16N2O3. The average Bonchev–Trinajstić information content (AvgIpc) is 2.63. The molecule has 0 radical (unpaired) electrons. The van der Waals surface area contributed by atoms with E-state index < -0.39 is 11.5 Å². The van der Waals surface area contributed by atoms with E-state index in [1.165, 1.54) is 13.8 Å². The van der Waals surface area contributed by atoms with Crippen LogP contribution in [-0.4, -0.2) is 27.5 Å². The molecule has 5 heteroatoms. The van der Waals surface area contributed by atoms with Gasteiger partial charge in [0.1, 0.15) is 5.54 Å². The molecule has 0 aliphatic carbocycles. The molecule has 19 heavy (non-hydrogen) atoms. The molecule has 0 bridgehead atoms. The molecule has 0 unspecified atom stereocenters. The zero-order valence-corrected chi connectivity index (χ0v) is 11.1. The number of carbonyl (C=O) groups excluding carboxylic acids is 1. The number of carbonyl (C=O) groups is 2. The van der Waals surface area contributed by atoms with Gasteiger partial charge in [0, 0.05) is 16.6 Å². The van der Waals surface area contributed by atoms with Gasteiger partial charge < -0.3 is 15.4 Å². The molecule has 0 fully saturated rings. The Hall–Kier alpha value is -2.30. The first-order valence-electron chi connectivity index (χ1n) is 5.96. The SMILES string of the molecule is Cc1[nH]c2ccccc2c1C(=O)NC(C)(C)C(=O)O. The van der Waals surface area contributed by atoms with E-state index in [4.69, 9.17) is 5.11 Å². The van der Waals surface area contributed by atoms with E-state index in [0.29, 0.717) is 5.56 Å². The lowest BCUT2D eigenvalue weighted by Gasteiger charge is -2.21. The van der Waals surface area contributed by atoms with Gasteiger partial charge in [-0.15, -0.1) is 0 Å². The predicted molar refractivity (Wildman–Crippen MR) is 72.2 cm³/mol. The fourth-order valence-corrected chi connectivity index (χ4v) is 1.97. The smallest absolute Gasteiger partial charge is 0.328 e. The van der Waals surface area contributed by atoms with Crippen LogP contribution in [0.2, 0.25) is 0 Å². The number of carboxylic acids is 1. The van der Waals surface area contributed by atoms with E-state index in [9.17, 15) is 9.59 Å². The summed E-state index contributed by atoms with van der Waals surface area (Å²) in [5, 5.41) is 12.4. The summed E-state index contributed by atoms with van der Waals surface area (Å²) in [5.74, 6) is -1.46. The number of aryl methyl sites for hydroxylation is 1. The molecule has 100 valence electrons. The number of aromatic nitrogens is 1. The number of nitrogens with one attached hydrogen (secondary N) is 2. The molecular weight excluding hydrogens is 244 g/mol. The Morgan fingerprint density at radius 1 is 1.26 bits per heavy atom. The second kappa shape index (κ2) is 4.42. The highest BCUT2D eigenvalue weighted by Gasteiger charge is 2.30. The van der Waals surface area contributed by atoms with Crippen molar-refractivity contribution in [3.63, 3.8) is 0 Å². The Labute approximate surface area is 110 Å². The zero-order valence-electron chi connectivity index (χ0n) is 11.1. The first-order valence-corrected chi connectivity index (χ1v) is 5.96. The first kappa shape index (κ1) is 13.1. The Morgan fingerprint density at radius 3 is 2.53 bits per heavy atom. The summed E-state index contributed by atoms with van der Waals surface area (Å²) in [6.07, 6.45) is 0. The lowest BCUT2D eigenvalue weighted by atomic mass is 10.0. The van der Waals surface area contributed by atoms with E-state index >= 15 is 0 Å². The highest BCUT2D eigenvalue weighted by molar-refractivity contribution is 6.09. The minimum atomic E-state index is -1.30. The number of rotatable bonds is 3. The third kappa shape index (κ3) is 2.31. The summed E-state index contributed by atoms with van der Waals surface area (Å²) in [4.78, 5) is 26.4. The van der Waals surface area contributed by atoms with Crippen molar-refractivity contribution in [3.8, 4) is 0 Å². The molecule has 0 aliphatic rings. The van der Waals surface area contributed by atoms with Crippen molar-refractivity contribution in [1.29, 1.82) is 0 Å². The minimum absolute atomic E-state index is 0.387. The van der Waals surface area contributed by atoms with Gasteiger partial charge in [-0.05, 0) is 26.8 Å². The van der Waals surface area contributed by atoms with Crippen molar-refractivity contribution in [1.82, 2.24) is 10.3 Å². The number of carboxylic acid groups (broad SMARTS) is 1. The van der Waals surface area contributed by atoms with Crippen molar-refractivity contribution in [3.05, 3.63) is 35.5 Å². The van der Waals surface area contributed by atoms with Crippen molar-refractivity contribution in [2.75, 3.05) is 0 Å². The summed E-state index contributed by atoms with van der Waals surface area (Å²) in [6, 6.07) is 7.43. The highest BCUT2D eigenvalue weighted by Crippen LogP contribution is 2.22. The molecule has 3 N–H and O–H groups in total. The fourth-order valence-electron chi connectivity index (χ4n) is 1.97. The maximum Gasteiger partial charge on any atom is 0.328 e. The monoisotopic (exact) mass is 260 g/mol. The van der Waals surface area contributed by atoms with Gasteiger partial charge in [0.05, 0.1) is 5.56 Å². The van der Waals surface area contributed by atoms with Crippen LogP contribution in [0.1, 0.15) is 29.9 Å². The topological polar surface area (TPSA) is 82.2 Å². The fraction of sp³-hybridized carbons (Fsp3) is 0.286. The van der Waals surface area contributed by atoms with Crippen LogP contribution in [0.15, 0.2) is 24.3 Å². The molecule has 0 saturated carbocycles. The summed E-state index contributed by atoms with van der Waals surface area (Å²) in [6.45, 7) is 4.71. The van der Waals surface area contributed by atoms with E-state index in [1.54, 1.807) is 6.92 Å². The third-order valence-electron chi connectivity index (χ3n) is 3.08. The standard InChI is InChI=1S/C14H16N2O3/c1-8-11(9-6-4-5-7-10(9)15-8)12(17)16-14(2,3)13(18)19/h4-7,15H,1-3H3,(H,16,17)(H,18,19). The number of aromatic amines is 1. The van der Waals surface area contributed by atoms with Crippen LogP contribution in [-0.2, 0) is 4.79 Å². The van der Waals surface area contributed by atoms with E-state index in [2.05, 4.69) is 10.3 Å². The number of H-pyrrole nitrogens is 1. The van der Waals surface area contributed by atoms with E-state index in [-0.39, 0.29) is 5.91 Å². The number of para-hydroxylation sites is 1. The van der Waals surface area contributed by atoms with Gasteiger partial charge in [-0.1, -0.05) is 18.2 Å². The normalized spacial score (nSPS) is 11.5. The zero-order chi connectivity index (χ0) is 14.2. The van der Waals surface area contributed by atoms with Crippen LogP contribution in [0.25, 0.3) is 10.9 Å². The van der Waals surface area contributed by atoms with Crippen LogP contribution in [0.5, 0.6) is 0 Å². The summed E-state index contributed by atoms with van der Waals surface area (Å²) in [5.41, 5.74) is 0.769. The van der Waals surface area contributed by atoms with Crippen LogP contribution in [0.4, 0.5) is 0 Å². The van der Waals surface area contributed by atoms with Gasteiger partial charge in [-0.2, -0.15) is 0 Å². The van der Waals surface area contributed by atoms with Gasteiger partial charge >= 0.3 is 5.97 Å². The number of hydrogen-bond donors (Lipinski definition) is 3. The molecule has 1 amide bonds. The van der Waals surface area contributed by atoms with Crippen molar-refractivity contribution in [2.24, 2.45) is 0 Å². The third-order valence-corrected chi connectivity index (χ3v) is 3.08. The van der Waals surface area contributed by atoms with Gasteiger partial charge in [0.2, 0.25) is 0 Å². The second-order valence-corrected chi connectivity index (χ2v) is 5.05. The molecule has 0 saturated heterocycles. The predicted octanol–water partition coefficient (Wildman–Crippen LogP) is 2.07. The second-order valence-electron chi connectivity index (χ2n) is 5.05. The minimum Gasteiger partial charge on any atom is -0.480 e. The maximum absolute atomic E-state index is 12.3. The van der Waals surface area contributed by atoms with Gasteiger partial charge in [-0.25, -0.2) is 4.79 Å². The molecule has 1 aromatic heterocycles. The Morgan fingerprint density at radius 2 is 1.89 bits per heavy atom. The summed E-state index contributed by atoms with van der Waals surface area (Å²) >= 11 is 0. The van der Waals surface area contributed by atoms with Crippen LogP contribution >= 0.6 is 0 Å². The summed E-state index contributed by atoms with van der Waals surface area (Å²) in [7, 11) is 0. The van der Waals surface area contributed by atoms with E-state index in [0.717, 1.165) is 16.6 Å². The van der Waals surface area contributed by atoms with Crippen molar-refractivity contribution >= 4 is 22.8 Å². The first-order chi connectivity index (χ1) is 8.83. The number of benzene rings is 1. The molecule has 1 heterocycles. The van der Waals surface area contributed by atoms with Crippen molar-refractivity contribution in [2.45, 2.75) is 26.3 Å². The largest absolute Gasteiger partial charge is 0.480 e. The average molecular weight is 260 g/mol. The van der Waals surface area contributed by atoms with Gasteiger partial charge in [-0.3, -0.25) is 4.79 Å². The number of amides is 1. The Bertz CT molecular complexity index is 656. The quantitative estimate of drug-likeness (QED) is 0.790. The van der Waals surface area contributed by atoms with Crippen molar-refractivity contribution < 1.29 is 14.7 Å². The van der Waals surface area contributed by atoms with Crippen LogP contribution in [0.3, 0.4) is 0 Å². The molecule has 0 aliphatic heterocycles. The molecule has 0 atom stereocenters. The highest BCUT2D eigenvalue weighted by atomic mass is 16.4. The van der Waals surface area contributed by atoms with Crippen LogP contribution in [0, 0.1) is 6.92 Å². The van der Waals surface area contributed by atoms with Crippen LogP contribution < -0.4 is 5.32 Å². The number of hydrogen-bond acceptors (Lipinski definition) is 2. The molecule has 0 spiro atoms. The maximum atomic E-state index is 12.3. The van der Waals surface area contributed by atoms with Gasteiger partial charge in [0.25, 0.3) is 5.91 Å². The number of fused-ring (bicyclic) bond motifs is 1. The Balaban J connectivity index is 2.42.